The standard InChI is InChI=1S/C21H24N2O6S/c1-28-18-11-10-17(14-19(18)30(26,27)23-12-6-3-7-13-23)22-20(24)15-29-21(25)16-8-4-2-5-9-16/h2,4-5,8-11,14H,3,6-7,12-13,15H2,1H3,(H,22,24). The zero-order valence-electron chi connectivity index (χ0n) is 16.7. The van der Waals surface area contributed by atoms with E-state index < -0.39 is 28.5 Å². The predicted molar refractivity (Wildman–Crippen MR) is 111 cm³/mol. The molecule has 1 N–H and O–H groups in total. The van der Waals surface area contributed by atoms with Crippen molar-refractivity contribution in [1.82, 2.24) is 4.31 Å². The molecule has 0 unspecified atom stereocenters. The molecule has 9 heteroatoms. The molecule has 30 heavy (non-hydrogen) atoms. The summed E-state index contributed by atoms with van der Waals surface area (Å²) < 4.78 is 37.7. The van der Waals surface area contributed by atoms with E-state index in [1.54, 1.807) is 30.3 Å². The normalized spacial score (nSPS) is 14.7. The lowest BCUT2D eigenvalue weighted by atomic mass is 10.2. The highest BCUT2D eigenvalue weighted by Crippen LogP contribution is 2.31. The molecule has 2 aromatic rings. The SMILES string of the molecule is COc1ccc(NC(=O)COC(=O)c2ccccc2)cc1S(=O)(=O)N1CCCCC1. The van der Waals surface area contributed by atoms with Crippen molar-refractivity contribution in [2.75, 3.05) is 32.1 Å². The smallest absolute Gasteiger partial charge is 0.338 e. The van der Waals surface area contributed by atoms with E-state index in [-0.39, 0.29) is 16.3 Å². The van der Waals surface area contributed by atoms with E-state index in [1.165, 1.54) is 29.6 Å². The van der Waals surface area contributed by atoms with Gasteiger partial charge in [0.2, 0.25) is 10.0 Å². The quantitative estimate of drug-likeness (QED) is 0.675. The molecule has 0 radical (unpaired) electrons. The number of hydrogen-bond acceptors (Lipinski definition) is 6. The van der Waals surface area contributed by atoms with Crippen molar-refractivity contribution in [2.45, 2.75) is 24.2 Å². The first kappa shape index (κ1) is 21.8. The van der Waals surface area contributed by atoms with Crippen molar-refractivity contribution < 1.29 is 27.5 Å². The van der Waals surface area contributed by atoms with Gasteiger partial charge in [0.05, 0.1) is 12.7 Å². The molecule has 1 aliphatic rings. The van der Waals surface area contributed by atoms with Crippen molar-refractivity contribution in [1.29, 1.82) is 0 Å². The maximum Gasteiger partial charge on any atom is 0.338 e. The maximum atomic E-state index is 13.0. The summed E-state index contributed by atoms with van der Waals surface area (Å²) >= 11 is 0. The molecule has 3 rings (SSSR count). The van der Waals surface area contributed by atoms with Gasteiger partial charge < -0.3 is 14.8 Å². The summed E-state index contributed by atoms with van der Waals surface area (Å²) in [5.74, 6) is -0.992. The minimum atomic E-state index is -3.75. The fraction of sp³-hybridized carbons (Fsp3) is 0.333. The van der Waals surface area contributed by atoms with E-state index >= 15 is 0 Å². The largest absolute Gasteiger partial charge is 0.495 e. The summed E-state index contributed by atoms with van der Waals surface area (Å²) in [6.07, 6.45) is 2.62. The molecule has 0 aliphatic carbocycles. The Balaban J connectivity index is 1.70. The van der Waals surface area contributed by atoms with Gasteiger partial charge in [-0.25, -0.2) is 13.2 Å². The van der Waals surface area contributed by atoms with E-state index in [1.807, 2.05) is 0 Å². The van der Waals surface area contributed by atoms with Crippen LogP contribution in [0.3, 0.4) is 0 Å². The average molecular weight is 432 g/mol. The lowest BCUT2D eigenvalue weighted by Gasteiger charge is -2.26. The van der Waals surface area contributed by atoms with Crippen LogP contribution in [-0.4, -0.2) is 51.4 Å². The van der Waals surface area contributed by atoms with Crippen LogP contribution in [0.2, 0.25) is 0 Å². The molecular weight excluding hydrogens is 408 g/mol. The van der Waals surface area contributed by atoms with Gasteiger partial charge in [-0.05, 0) is 43.2 Å². The molecule has 0 spiro atoms. The second-order valence-corrected chi connectivity index (χ2v) is 8.73. The van der Waals surface area contributed by atoms with Gasteiger partial charge in [0.25, 0.3) is 5.91 Å². The highest BCUT2D eigenvalue weighted by Gasteiger charge is 2.29. The first-order chi connectivity index (χ1) is 14.4. The van der Waals surface area contributed by atoms with E-state index in [2.05, 4.69) is 5.32 Å². The zero-order valence-corrected chi connectivity index (χ0v) is 17.5. The van der Waals surface area contributed by atoms with E-state index in [9.17, 15) is 18.0 Å². The van der Waals surface area contributed by atoms with Gasteiger partial charge in [-0.2, -0.15) is 4.31 Å². The third-order valence-corrected chi connectivity index (χ3v) is 6.64. The summed E-state index contributed by atoms with van der Waals surface area (Å²) in [7, 11) is -2.36. The van der Waals surface area contributed by atoms with E-state index in [0.717, 1.165) is 19.3 Å². The Bertz CT molecular complexity index is 1000. The fourth-order valence-corrected chi connectivity index (χ4v) is 4.88. The fourth-order valence-electron chi connectivity index (χ4n) is 3.19. The van der Waals surface area contributed by atoms with Gasteiger partial charge in [0.15, 0.2) is 6.61 Å². The Morgan fingerprint density at radius 1 is 1.03 bits per heavy atom. The first-order valence-electron chi connectivity index (χ1n) is 9.62. The van der Waals surface area contributed by atoms with Crippen LogP contribution >= 0.6 is 0 Å². The van der Waals surface area contributed by atoms with E-state index in [0.29, 0.717) is 18.7 Å². The molecule has 1 saturated heterocycles. The van der Waals surface area contributed by atoms with Crippen LogP contribution in [0.1, 0.15) is 29.6 Å². The van der Waals surface area contributed by atoms with Crippen LogP contribution in [-0.2, 0) is 19.6 Å². The molecule has 160 valence electrons. The average Bonchev–Trinajstić information content (AvgIpc) is 2.78. The van der Waals surface area contributed by atoms with Gasteiger partial charge in [-0.1, -0.05) is 24.6 Å². The summed E-state index contributed by atoms with van der Waals surface area (Å²) in [6, 6.07) is 12.7. The number of nitrogens with zero attached hydrogens (tertiary/aromatic N) is 1. The Hall–Kier alpha value is -2.91. The third kappa shape index (κ3) is 5.17. The maximum absolute atomic E-state index is 13.0. The number of rotatable bonds is 7. The Kier molecular flexibility index (Phi) is 7.07. The lowest BCUT2D eigenvalue weighted by molar-refractivity contribution is -0.119. The van der Waals surface area contributed by atoms with Gasteiger partial charge >= 0.3 is 5.97 Å². The highest BCUT2D eigenvalue weighted by molar-refractivity contribution is 7.89. The second-order valence-electron chi connectivity index (χ2n) is 6.82. The van der Waals surface area contributed by atoms with Crippen molar-refractivity contribution in [3.8, 4) is 5.75 Å². The number of carbonyl (C=O) groups is 2. The lowest BCUT2D eigenvalue weighted by Crippen LogP contribution is -2.35. The van der Waals surface area contributed by atoms with Crippen LogP contribution in [0, 0.1) is 0 Å². The summed E-state index contributed by atoms with van der Waals surface area (Å²) in [4.78, 5) is 24.1. The first-order valence-corrected chi connectivity index (χ1v) is 11.1. The number of hydrogen-bond donors (Lipinski definition) is 1. The molecular formula is C21H24N2O6S. The van der Waals surface area contributed by atoms with Crippen LogP contribution in [0.5, 0.6) is 5.75 Å². The number of benzene rings is 2. The molecule has 0 aromatic heterocycles. The Labute approximate surface area is 175 Å². The Morgan fingerprint density at radius 3 is 2.40 bits per heavy atom. The molecule has 1 heterocycles. The molecule has 0 atom stereocenters. The number of anilines is 1. The predicted octanol–water partition coefficient (Wildman–Crippen LogP) is 2.67. The number of piperidine rings is 1. The number of ether oxygens (including phenoxy) is 2. The molecule has 8 nitrogen and oxygen atoms in total. The van der Waals surface area contributed by atoms with Crippen LogP contribution in [0.25, 0.3) is 0 Å². The number of sulfonamides is 1. The van der Waals surface area contributed by atoms with Gasteiger partial charge in [-0.3, -0.25) is 4.79 Å². The molecule has 0 saturated carbocycles. The number of amides is 1. The van der Waals surface area contributed by atoms with Gasteiger partial charge in [-0.15, -0.1) is 0 Å². The van der Waals surface area contributed by atoms with Crippen LogP contribution < -0.4 is 10.1 Å². The van der Waals surface area contributed by atoms with Crippen molar-refractivity contribution in [3.63, 3.8) is 0 Å². The number of esters is 1. The van der Waals surface area contributed by atoms with E-state index in [4.69, 9.17) is 9.47 Å². The molecule has 1 fully saturated rings. The van der Waals surface area contributed by atoms with Crippen molar-refractivity contribution >= 4 is 27.6 Å². The molecule has 1 aliphatic heterocycles. The van der Waals surface area contributed by atoms with Crippen molar-refractivity contribution in [3.05, 3.63) is 54.1 Å². The van der Waals surface area contributed by atoms with Crippen LogP contribution in [0.15, 0.2) is 53.4 Å². The number of carbonyl (C=O) groups excluding carboxylic acids is 2. The second kappa shape index (κ2) is 9.73. The highest BCUT2D eigenvalue weighted by atomic mass is 32.2. The molecule has 2 aromatic carbocycles. The summed E-state index contributed by atoms with van der Waals surface area (Å²) in [5, 5.41) is 2.56. The topological polar surface area (TPSA) is 102 Å². The Morgan fingerprint density at radius 2 is 1.73 bits per heavy atom. The third-order valence-electron chi connectivity index (χ3n) is 4.72. The molecule has 0 bridgehead atoms. The minimum Gasteiger partial charge on any atom is -0.495 e. The number of nitrogens with one attached hydrogen (secondary N) is 1. The monoisotopic (exact) mass is 432 g/mol. The van der Waals surface area contributed by atoms with Crippen LogP contribution in [0.4, 0.5) is 5.69 Å². The van der Waals surface area contributed by atoms with Gasteiger partial charge in [0, 0.05) is 18.8 Å². The summed E-state index contributed by atoms with van der Waals surface area (Å²) in [6.45, 7) is 0.420. The summed E-state index contributed by atoms with van der Waals surface area (Å²) in [5.41, 5.74) is 0.608. The number of methoxy groups -OCH3 is 1. The molecule has 1 amide bonds. The van der Waals surface area contributed by atoms with Gasteiger partial charge in [0.1, 0.15) is 10.6 Å². The zero-order chi connectivity index (χ0) is 21.6. The van der Waals surface area contributed by atoms with Crippen molar-refractivity contribution in [2.24, 2.45) is 0 Å². The minimum absolute atomic E-state index is 0.00835.